The number of nitrogens with one attached hydrogen (secondary N) is 1. The lowest BCUT2D eigenvalue weighted by Gasteiger charge is -2.04. The number of thiazole rings is 1. The molecule has 1 fully saturated rings. The van der Waals surface area contributed by atoms with E-state index in [-0.39, 0.29) is 5.91 Å². The van der Waals surface area contributed by atoms with Crippen molar-refractivity contribution >= 4 is 29.0 Å². The second kappa shape index (κ2) is 9.62. The van der Waals surface area contributed by atoms with Gasteiger partial charge in [0, 0.05) is 50.7 Å². The fourth-order valence-corrected chi connectivity index (χ4v) is 3.75. The molecule has 1 saturated heterocycles. The number of pyridine rings is 1. The van der Waals surface area contributed by atoms with Crippen LogP contribution in [0.15, 0.2) is 54.3 Å². The van der Waals surface area contributed by atoms with E-state index in [4.69, 9.17) is 5.11 Å². The molecule has 32 heavy (non-hydrogen) atoms. The summed E-state index contributed by atoms with van der Waals surface area (Å²) in [7, 11) is 3.55. The number of aliphatic hydroxyl groups is 1. The molecule has 5 rings (SSSR count). The van der Waals surface area contributed by atoms with E-state index < -0.39 is 6.10 Å². The molecule has 5 heterocycles. The zero-order valence-corrected chi connectivity index (χ0v) is 18.4. The third kappa shape index (κ3) is 5.13. The van der Waals surface area contributed by atoms with Gasteiger partial charge in [0.25, 0.3) is 5.91 Å². The maximum atomic E-state index is 10.6. The Morgan fingerprint density at radius 2 is 1.94 bits per heavy atom. The molecule has 4 aromatic rings. The first kappa shape index (κ1) is 21.5. The largest absolute Gasteiger partial charge is 0.383 e. The van der Waals surface area contributed by atoms with Gasteiger partial charge in [-0.25, -0.2) is 15.0 Å². The van der Waals surface area contributed by atoms with Crippen molar-refractivity contribution in [2.24, 2.45) is 7.05 Å². The van der Waals surface area contributed by atoms with Crippen LogP contribution in [0.2, 0.25) is 0 Å². The van der Waals surface area contributed by atoms with Gasteiger partial charge in [-0.1, -0.05) is 6.07 Å². The first-order valence-corrected chi connectivity index (χ1v) is 10.8. The molecule has 1 amide bonds. The van der Waals surface area contributed by atoms with E-state index in [0.29, 0.717) is 24.7 Å². The van der Waals surface area contributed by atoms with Crippen LogP contribution in [0.3, 0.4) is 0 Å². The monoisotopic (exact) mass is 450 g/mol. The predicted molar refractivity (Wildman–Crippen MR) is 121 cm³/mol. The highest BCUT2D eigenvalue weighted by Crippen LogP contribution is 2.27. The summed E-state index contributed by atoms with van der Waals surface area (Å²) in [5, 5.41) is 18.9. The molecule has 1 unspecified atom stereocenters. The molecule has 0 spiro atoms. The van der Waals surface area contributed by atoms with Crippen molar-refractivity contribution in [1.29, 1.82) is 0 Å². The Balaban J connectivity index is 0.000000260. The van der Waals surface area contributed by atoms with Crippen molar-refractivity contribution in [1.82, 2.24) is 34.6 Å². The van der Waals surface area contributed by atoms with Crippen LogP contribution in [0.1, 0.15) is 6.42 Å². The van der Waals surface area contributed by atoms with Crippen LogP contribution in [0.5, 0.6) is 0 Å². The molecule has 0 bridgehead atoms. The minimum Gasteiger partial charge on any atom is -0.383 e. The summed E-state index contributed by atoms with van der Waals surface area (Å²) in [4.78, 5) is 29.8. The summed E-state index contributed by atoms with van der Waals surface area (Å²) >= 11 is 1.54. The molecule has 4 aromatic heterocycles. The highest BCUT2D eigenvalue weighted by Gasteiger charge is 2.26. The smallest absolute Gasteiger partial charge is 0.251 e. The normalized spacial score (nSPS) is 15.4. The first-order valence-electron chi connectivity index (χ1n) is 9.89. The van der Waals surface area contributed by atoms with Gasteiger partial charge >= 0.3 is 0 Å². The molecule has 0 radical (unpaired) electrons. The number of hydrogen-bond donors (Lipinski definition) is 2. The summed E-state index contributed by atoms with van der Waals surface area (Å²) in [5.74, 6) is 1.03. The lowest BCUT2D eigenvalue weighted by molar-refractivity contribution is -0.133. The number of carbonyl (C=O) groups is 1. The Kier molecular flexibility index (Phi) is 6.47. The van der Waals surface area contributed by atoms with Gasteiger partial charge < -0.3 is 15.3 Å². The first-order chi connectivity index (χ1) is 15.5. The Labute approximate surface area is 188 Å². The van der Waals surface area contributed by atoms with Crippen LogP contribution in [-0.4, -0.2) is 65.3 Å². The maximum absolute atomic E-state index is 10.6. The number of rotatable bonds is 4. The SMILES string of the molecule is CN1CCC(O)C1=O.Cn1ccc(Nc2nccc(-c3csc(-c4ccccn4)n3)n2)n1. The number of likely N-dealkylation sites (N-methyl/N-ethyl adjacent to an activating group) is 1. The quantitative estimate of drug-likeness (QED) is 0.486. The Hall–Kier alpha value is -3.70. The van der Waals surface area contributed by atoms with Gasteiger partial charge in [-0.05, 0) is 24.6 Å². The molecule has 0 aliphatic carbocycles. The number of aromatic nitrogens is 6. The fourth-order valence-electron chi connectivity index (χ4n) is 2.96. The van der Waals surface area contributed by atoms with Crippen LogP contribution >= 0.6 is 11.3 Å². The number of anilines is 2. The standard InChI is InChI=1S/C16H13N7S.C5H9NO2/c1-23-9-6-14(22-23)21-16-18-8-5-11(20-16)13-10-24-15(19-13)12-4-2-3-7-17-12;1-6-3-2-4(7)5(6)8/h2-10H,1H3,(H,18,20,21,22);4,7H,2-3H2,1H3. The van der Waals surface area contributed by atoms with E-state index in [2.05, 4.69) is 30.4 Å². The fraction of sp³-hybridized carbons (Fsp3) is 0.238. The van der Waals surface area contributed by atoms with E-state index in [1.54, 1.807) is 35.5 Å². The molecule has 1 atom stereocenters. The number of amides is 1. The van der Waals surface area contributed by atoms with Crippen LogP contribution in [-0.2, 0) is 11.8 Å². The molecule has 0 aromatic carbocycles. The summed E-state index contributed by atoms with van der Waals surface area (Å²) in [6.45, 7) is 0.694. The Bertz CT molecular complexity index is 1180. The molecule has 1 aliphatic rings. The highest BCUT2D eigenvalue weighted by molar-refractivity contribution is 7.13. The number of aliphatic hydroxyl groups excluding tert-OH is 1. The van der Waals surface area contributed by atoms with E-state index in [1.165, 1.54) is 4.90 Å². The van der Waals surface area contributed by atoms with Crippen molar-refractivity contribution in [3.05, 3.63) is 54.3 Å². The second-order valence-corrected chi connectivity index (χ2v) is 7.94. The van der Waals surface area contributed by atoms with Gasteiger partial charge in [-0.3, -0.25) is 14.5 Å². The van der Waals surface area contributed by atoms with E-state index in [1.807, 2.05) is 49.0 Å². The molecule has 0 saturated carbocycles. The molecule has 10 nitrogen and oxygen atoms in total. The highest BCUT2D eigenvalue weighted by atomic mass is 32.1. The number of aryl methyl sites for hydroxylation is 1. The Morgan fingerprint density at radius 1 is 1.06 bits per heavy atom. The van der Waals surface area contributed by atoms with Gasteiger partial charge in [-0.2, -0.15) is 5.10 Å². The van der Waals surface area contributed by atoms with Crippen molar-refractivity contribution in [2.75, 3.05) is 18.9 Å². The van der Waals surface area contributed by atoms with Crippen molar-refractivity contribution < 1.29 is 9.90 Å². The number of nitrogens with zero attached hydrogens (tertiary/aromatic N) is 7. The second-order valence-electron chi connectivity index (χ2n) is 7.08. The van der Waals surface area contributed by atoms with Crippen LogP contribution < -0.4 is 5.32 Å². The third-order valence-corrected chi connectivity index (χ3v) is 5.52. The van der Waals surface area contributed by atoms with E-state index in [0.717, 1.165) is 22.1 Å². The van der Waals surface area contributed by atoms with Crippen LogP contribution in [0, 0.1) is 0 Å². The van der Waals surface area contributed by atoms with Gasteiger partial charge in [-0.15, -0.1) is 11.3 Å². The number of carbonyl (C=O) groups excluding carboxylic acids is 1. The summed E-state index contributed by atoms with van der Waals surface area (Å²) in [6, 6.07) is 9.47. The zero-order chi connectivity index (χ0) is 22.5. The van der Waals surface area contributed by atoms with E-state index >= 15 is 0 Å². The molecule has 164 valence electrons. The summed E-state index contributed by atoms with van der Waals surface area (Å²) in [6.07, 6.45) is 5.18. The van der Waals surface area contributed by atoms with Gasteiger partial charge in [0.05, 0.1) is 11.4 Å². The van der Waals surface area contributed by atoms with Crippen molar-refractivity contribution in [2.45, 2.75) is 12.5 Å². The van der Waals surface area contributed by atoms with Gasteiger partial charge in [0.2, 0.25) is 5.95 Å². The van der Waals surface area contributed by atoms with Crippen LogP contribution in [0.4, 0.5) is 11.8 Å². The van der Waals surface area contributed by atoms with Crippen molar-refractivity contribution in [3.63, 3.8) is 0 Å². The zero-order valence-electron chi connectivity index (χ0n) is 17.6. The number of hydrogen-bond acceptors (Lipinski definition) is 9. The molecular formula is C21H22N8O2S. The molecular weight excluding hydrogens is 428 g/mol. The molecule has 2 N–H and O–H groups in total. The van der Waals surface area contributed by atoms with Gasteiger partial charge in [0.1, 0.15) is 16.8 Å². The number of likely N-dealkylation sites (tertiary alicyclic amines) is 1. The van der Waals surface area contributed by atoms with Crippen molar-refractivity contribution in [3.8, 4) is 22.1 Å². The lowest BCUT2D eigenvalue weighted by atomic mass is 10.3. The average molecular weight is 451 g/mol. The van der Waals surface area contributed by atoms with E-state index in [9.17, 15) is 4.79 Å². The average Bonchev–Trinajstić information content (AvgIpc) is 3.53. The van der Waals surface area contributed by atoms with Gasteiger partial charge in [0.15, 0.2) is 5.82 Å². The third-order valence-electron chi connectivity index (χ3n) is 4.66. The topological polar surface area (TPSA) is 122 Å². The van der Waals surface area contributed by atoms with Crippen LogP contribution in [0.25, 0.3) is 22.1 Å². The minimum absolute atomic E-state index is 0.148. The molecule has 1 aliphatic heterocycles. The maximum Gasteiger partial charge on any atom is 0.251 e. The Morgan fingerprint density at radius 3 is 2.56 bits per heavy atom. The predicted octanol–water partition coefficient (Wildman–Crippen LogP) is 2.35. The summed E-state index contributed by atoms with van der Waals surface area (Å²) < 4.78 is 1.71. The lowest BCUT2D eigenvalue weighted by Crippen LogP contribution is -2.24. The minimum atomic E-state index is -0.722. The molecule has 11 heteroatoms. The summed E-state index contributed by atoms with van der Waals surface area (Å²) in [5.41, 5.74) is 2.41.